The maximum atomic E-state index is 13.4. The fourth-order valence-corrected chi connectivity index (χ4v) is 3.81. The van der Waals surface area contributed by atoms with E-state index >= 15 is 0 Å². The van der Waals surface area contributed by atoms with Gasteiger partial charge in [-0.15, -0.1) is 0 Å². The van der Waals surface area contributed by atoms with Crippen molar-refractivity contribution in [3.63, 3.8) is 0 Å². The first kappa shape index (κ1) is 23.9. The Morgan fingerprint density at radius 3 is 2.69 bits per heavy atom. The first-order valence-corrected chi connectivity index (χ1v) is 10.7. The summed E-state index contributed by atoms with van der Waals surface area (Å²) < 4.78 is 38.5. The third-order valence-corrected chi connectivity index (χ3v) is 5.47. The smallest absolute Gasteiger partial charge is 0.322 e. The maximum Gasteiger partial charge on any atom is 0.389 e. The second-order valence-corrected chi connectivity index (χ2v) is 8.12. The Hall–Kier alpha value is -4.27. The molecule has 3 aromatic rings. The highest BCUT2D eigenvalue weighted by Gasteiger charge is 2.37. The SMILES string of the molecule is CC1Cn2ncc(C(=O)Nc3cccc(C#N)c3)c2C(=O)N1c1ncc(CCCC(F)(F)F)cn1. The van der Waals surface area contributed by atoms with Crippen molar-refractivity contribution in [1.29, 1.82) is 5.26 Å². The maximum absolute atomic E-state index is 13.4. The standard InChI is InChI=1S/C23H20F3N7O2/c1-14-13-32-19(18(12-30-32)20(34)31-17-6-2-4-15(8-17)9-27)21(35)33(14)22-28-10-16(11-29-22)5-3-7-23(24,25)26/h2,4,6,8,10-12,14H,3,5,7,13H2,1H3,(H,31,34). The van der Waals surface area contributed by atoms with Crippen molar-refractivity contribution in [2.45, 2.75) is 44.9 Å². The zero-order valence-electron chi connectivity index (χ0n) is 18.6. The highest BCUT2D eigenvalue weighted by atomic mass is 19.4. The van der Waals surface area contributed by atoms with Crippen LogP contribution >= 0.6 is 0 Å². The van der Waals surface area contributed by atoms with Crippen LogP contribution < -0.4 is 10.2 Å². The van der Waals surface area contributed by atoms with Crippen molar-refractivity contribution in [3.05, 3.63) is 65.2 Å². The van der Waals surface area contributed by atoms with Crippen LogP contribution in [0.1, 0.15) is 51.7 Å². The summed E-state index contributed by atoms with van der Waals surface area (Å²) in [5, 5.41) is 15.9. The van der Waals surface area contributed by atoms with E-state index in [9.17, 15) is 22.8 Å². The lowest BCUT2D eigenvalue weighted by atomic mass is 10.1. The number of carbonyl (C=O) groups excluding carboxylic acids is 2. The van der Waals surface area contributed by atoms with E-state index in [0.717, 1.165) is 0 Å². The summed E-state index contributed by atoms with van der Waals surface area (Å²) in [5.41, 5.74) is 1.41. The largest absolute Gasteiger partial charge is 0.389 e. The van der Waals surface area contributed by atoms with Gasteiger partial charge in [-0.05, 0) is 43.5 Å². The number of hydrogen-bond donors (Lipinski definition) is 1. The molecule has 0 spiro atoms. The average Bonchev–Trinajstić information content (AvgIpc) is 3.23. The lowest BCUT2D eigenvalue weighted by molar-refractivity contribution is -0.135. The molecule has 0 saturated heterocycles. The van der Waals surface area contributed by atoms with Crippen LogP contribution in [-0.2, 0) is 13.0 Å². The predicted octanol–water partition coefficient (Wildman–Crippen LogP) is 3.73. The van der Waals surface area contributed by atoms with Crippen LogP contribution in [0.15, 0.2) is 42.9 Å². The van der Waals surface area contributed by atoms with E-state index in [4.69, 9.17) is 5.26 Å². The third-order valence-electron chi connectivity index (χ3n) is 5.47. The molecule has 1 aliphatic heterocycles. The van der Waals surface area contributed by atoms with E-state index in [1.54, 1.807) is 25.1 Å². The van der Waals surface area contributed by atoms with E-state index in [-0.39, 0.29) is 42.6 Å². The predicted molar refractivity (Wildman–Crippen MR) is 119 cm³/mol. The van der Waals surface area contributed by atoms with Gasteiger partial charge in [0.1, 0.15) is 5.69 Å². The van der Waals surface area contributed by atoms with Gasteiger partial charge in [0.2, 0.25) is 5.95 Å². The van der Waals surface area contributed by atoms with Gasteiger partial charge >= 0.3 is 6.18 Å². The normalized spacial score (nSPS) is 15.5. The number of nitriles is 1. The summed E-state index contributed by atoms with van der Waals surface area (Å²) in [4.78, 5) is 36.0. The summed E-state index contributed by atoms with van der Waals surface area (Å²) in [6.45, 7) is 2.06. The van der Waals surface area contributed by atoms with Crippen molar-refractivity contribution in [2.24, 2.45) is 0 Å². The Balaban J connectivity index is 1.53. The second-order valence-electron chi connectivity index (χ2n) is 8.12. The first-order chi connectivity index (χ1) is 16.7. The van der Waals surface area contributed by atoms with Crippen molar-refractivity contribution >= 4 is 23.5 Å². The summed E-state index contributed by atoms with van der Waals surface area (Å²) in [5.74, 6) is -1.00. The monoisotopic (exact) mass is 483 g/mol. The number of alkyl halides is 3. The Kier molecular flexibility index (Phi) is 6.50. The van der Waals surface area contributed by atoms with Crippen LogP contribution in [0, 0.1) is 11.3 Å². The number of aryl methyl sites for hydroxylation is 1. The van der Waals surface area contributed by atoms with Crippen LogP contribution in [0.5, 0.6) is 0 Å². The molecule has 1 aliphatic rings. The quantitative estimate of drug-likeness (QED) is 0.571. The van der Waals surface area contributed by atoms with E-state index in [2.05, 4.69) is 20.4 Å². The summed E-state index contributed by atoms with van der Waals surface area (Å²) in [6, 6.07) is 7.96. The van der Waals surface area contributed by atoms with Crippen LogP contribution in [0.4, 0.5) is 24.8 Å². The molecule has 1 N–H and O–H groups in total. The molecular formula is C23H20F3N7O2. The van der Waals surface area contributed by atoms with Gasteiger partial charge in [-0.1, -0.05) is 6.07 Å². The number of carbonyl (C=O) groups is 2. The van der Waals surface area contributed by atoms with Crippen LogP contribution in [0.25, 0.3) is 0 Å². The van der Waals surface area contributed by atoms with Crippen molar-refractivity contribution in [1.82, 2.24) is 19.7 Å². The number of benzene rings is 1. The zero-order valence-corrected chi connectivity index (χ0v) is 18.6. The molecule has 0 aliphatic carbocycles. The third kappa shape index (κ3) is 5.29. The molecule has 0 radical (unpaired) electrons. The van der Waals surface area contributed by atoms with E-state index in [0.29, 0.717) is 16.8 Å². The van der Waals surface area contributed by atoms with Crippen molar-refractivity contribution in [3.8, 4) is 6.07 Å². The summed E-state index contributed by atoms with van der Waals surface area (Å²) >= 11 is 0. The van der Waals surface area contributed by atoms with E-state index in [1.165, 1.54) is 34.2 Å². The Morgan fingerprint density at radius 1 is 1.26 bits per heavy atom. The summed E-state index contributed by atoms with van der Waals surface area (Å²) in [7, 11) is 0. The molecule has 9 nitrogen and oxygen atoms in total. The van der Waals surface area contributed by atoms with Gasteiger partial charge in [0.05, 0.1) is 36.0 Å². The van der Waals surface area contributed by atoms with Gasteiger partial charge < -0.3 is 5.32 Å². The fraction of sp³-hybridized carbons (Fsp3) is 0.304. The molecule has 0 bridgehead atoms. The molecule has 1 atom stereocenters. The fourth-order valence-electron chi connectivity index (χ4n) is 3.81. The highest BCUT2D eigenvalue weighted by Crippen LogP contribution is 2.26. The topological polar surface area (TPSA) is 117 Å². The van der Waals surface area contributed by atoms with Gasteiger partial charge in [0.25, 0.3) is 11.8 Å². The minimum absolute atomic E-state index is 0.0537. The minimum atomic E-state index is -4.22. The van der Waals surface area contributed by atoms with Crippen LogP contribution in [0.2, 0.25) is 0 Å². The molecule has 180 valence electrons. The molecule has 12 heteroatoms. The molecule has 4 rings (SSSR count). The molecule has 2 aromatic heterocycles. The Morgan fingerprint density at radius 2 is 2.00 bits per heavy atom. The lowest BCUT2D eigenvalue weighted by Gasteiger charge is -2.32. The number of fused-ring (bicyclic) bond motifs is 1. The number of amides is 2. The molecule has 1 aromatic carbocycles. The Bertz CT molecular complexity index is 1300. The van der Waals surface area contributed by atoms with Gasteiger partial charge in [-0.3, -0.25) is 19.2 Å². The molecule has 2 amide bonds. The number of aromatic nitrogens is 4. The van der Waals surface area contributed by atoms with Crippen LogP contribution in [0.3, 0.4) is 0 Å². The number of halogens is 3. The summed E-state index contributed by atoms with van der Waals surface area (Å²) in [6.07, 6.45) is -0.931. The molecular weight excluding hydrogens is 463 g/mol. The number of rotatable bonds is 6. The van der Waals surface area contributed by atoms with Gasteiger partial charge in [0, 0.05) is 24.5 Å². The van der Waals surface area contributed by atoms with E-state index in [1.807, 2.05) is 6.07 Å². The molecule has 3 heterocycles. The Labute approximate surface area is 198 Å². The second kappa shape index (κ2) is 9.54. The number of anilines is 2. The lowest BCUT2D eigenvalue weighted by Crippen LogP contribution is -2.48. The van der Waals surface area contributed by atoms with Crippen molar-refractivity contribution in [2.75, 3.05) is 10.2 Å². The minimum Gasteiger partial charge on any atom is -0.322 e. The molecule has 0 saturated carbocycles. The first-order valence-electron chi connectivity index (χ1n) is 10.7. The molecule has 35 heavy (non-hydrogen) atoms. The van der Waals surface area contributed by atoms with Crippen LogP contribution in [-0.4, -0.2) is 43.8 Å². The average molecular weight is 483 g/mol. The van der Waals surface area contributed by atoms with Gasteiger partial charge in [0.15, 0.2) is 0 Å². The number of nitrogens with one attached hydrogen (secondary N) is 1. The zero-order chi connectivity index (χ0) is 25.2. The highest BCUT2D eigenvalue weighted by molar-refractivity contribution is 6.15. The van der Waals surface area contributed by atoms with E-state index < -0.39 is 24.4 Å². The molecule has 0 fully saturated rings. The number of hydrogen-bond acceptors (Lipinski definition) is 6. The molecule has 1 unspecified atom stereocenters. The van der Waals surface area contributed by atoms with Gasteiger partial charge in [-0.2, -0.15) is 23.5 Å². The van der Waals surface area contributed by atoms with Gasteiger partial charge in [-0.25, -0.2) is 9.97 Å². The van der Waals surface area contributed by atoms with Crippen molar-refractivity contribution < 1.29 is 22.8 Å². The number of nitrogens with zero attached hydrogens (tertiary/aromatic N) is 6.